The molecule has 26 heavy (non-hydrogen) atoms. The summed E-state index contributed by atoms with van der Waals surface area (Å²) in [7, 11) is 0. The summed E-state index contributed by atoms with van der Waals surface area (Å²) in [6.07, 6.45) is 0.218. The number of hydrogen-bond donors (Lipinski definition) is 1. The second-order valence-electron chi connectivity index (χ2n) is 6.64. The van der Waals surface area contributed by atoms with E-state index in [0.717, 1.165) is 0 Å². The molecule has 0 aliphatic carbocycles. The van der Waals surface area contributed by atoms with Crippen molar-refractivity contribution in [2.75, 3.05) is 6.54 Å². The topological polar surface area (TPSA) is 151 Å². The number of nitrogens with zero attached hydrogens (tertiary/aromatic N) is 4. The SMILES string of the molecule is CC(C)(C)OC(=O)N[C@@H](CCCCN=[N+]=[N-])C(=O)ON1C(=O)CCC1=O. The van der Waals surface area contributed by atoms with Crippen LogP contribution in [0.3, 0.4) is 0 Å². The van der Waals surface area contributed by atoms with E-state index in [1.807, 2.05) is 0 Å². The Morgan fingerprint density at radius 3 is 2.42 bits per heavy atom. The van der Waals surface area contributed by atoms with Crippen LogP contribution in [-0.4, -0.2) is 47.1 Å². The normalized spacial score (nSPS) is 15.3. The average Bonchev–Trinajstić information content (AvgIpc) is 2.83. The fourth-order valence-corrected chi connectivity index (χ4v) is 2.09. The molecule has 3 amide bonds. The number of hydrogen-bond acceptors (Lipinski definition) is 7. The van der Waals surface area contributed by atoms with Gasteiger partial charge in [0.25, 0.3) is 11.8 Å². The van der Waals surface area contributed by atoms with Crippen molar-refractivity contribution >= 4 is 23.9 Å². The quantitative estimate of drug-likeness (QED) is 0.227. The number of amides is 3. The zero-order chi connectivity index (χ0) is 19.7. The van der Waals surface area contributed by atoms with Gasteiger partial charge >= 0.3 is 12.1 Å². The average molecular weight is 369 g/mol. The first kappa shape index (κ1) is 21.2. The number of hydroxylamine groups is 2. The van der Waals surface area contributed by atoms with Crippen LogP contribution in [0, 0.1) is 0 Å². The van der Waals surface area contributed by atoms with Crippen LogP contribution in [0.1, 0.15) is 52.9 Å². The van der Waals surface area contributed by atoms with Gasteiger partial charge < -0.3 is 14.9 Å². The molecule has 11 heteroatoms. The zero-order valence-electron chi connectivity index (χ0n) is 15.1. The van der Waals surface area contributed by atoms with E-state index >= 15 is 0 Å². The molecule has 1 heterocycles. The van der Waals surface area contributed by atoms with Crippen LogP contribution < -0.4 is 5.32 Å². The molecule has 1 aliphatic rings. The van der Waals surface area contributed by atoms with Crippen LogP contribution in [-0.2, 0) is 24.0 Å². The lowest BCUT2D eigenvalue weighted by Gasteiger charge is -2.23. The van der Waals surface area contributed by atoms with Crippen LogP contribution in [0.2, 0.25) is 0 Å². The lowest BCUT2D eigenvalue weighted by atomic mass is 10.1. The van der Waals surface area contributed by atoms with Crippen molar-refractivity contribution in [1.29, 1.82) is 0 Å². The van der Waals surface area contributed by atoms with E-state index in [-0.39, 0.29) is 25.8 Å². The molecule has 0 spiro atoms. The summed E-state index contributed by atoms with van der Waals surface area (Å²) in [5.74, 6) is -2.16. The molecule has 0 unspecified atom stereocenters. The van der Waals surface area contributed by atoms with E-state index in [0.29, 0.717) is 17.9 Å². The number of ether oxygens (including phenoxy) is 1. The van der Waals surface area contributed by atoms with Gasteiger partial charge in [0.1, 0.15) is 11.6 Å². The highest BCUT2D eigenvalue weighted by atomic mass is 16.7. The number of nitrogens with one attached hydrogen (secondary N) is 1. The van der Waals surface area contributed by atoms with Crippen molar-refractivity contribution in [3.63, 3.8) is 0 Å². The molecule has 1 N–H and O–H groups in total. The smallest absolute Gasteiger partial charge is 0.408 e. The number of rotatable bonds is 8. The van der Waals surface area contributed by atoms with Gasteiger partial charge in [-0.15, -0.1) is 5.06 Å². The van der Waals surface area contributed by atoms with Crippen molar-refractivity contribution in [2.45, 2.75) is 64.5 Å². The van der Waals surface area contributed by atoms with Crippen molar-refractivity contribution < 1.29 is 28.8 Å². The molecule has 1 fully saturated rings. The number of alkyl carbamates (subject to hydrolysis) is 1. The third-order valence-corrected chi connectivity index (χ3v) is 3.23. The third-order valence-electron chi connectivity index (χ3n) is 3.23. The highest BCUT2D eigenvalue weighted by Crippen LogP contribution is 2.14. The molecule has 1 rings (SSSR count). The van der Waals surface area contributed by atoms with E-state index in [2.05, 4.69) is 15.3 Å². The first-order chi connectivity index (χ1) is 12.1. The summed E-state index contributed by atoms with van der Waals surface area (Å²) >= 11 is 0. The molecular weight excluding hydrogens is 346 g/mol. The van der Waals surface area contributed by atoms with Crippen LogP contribution in [0.15, 0.2) is 5.11 Å². The Labute approximate surface area is 150 Å². The molecule has 1 atom stereocenters. The molecule has 1 saturated heterocycles. The van der Waals surface area contributed by atoms with Gasteiger partial charge in [-0.25, -0.2) is 9.59 Å². The summed E-state index contributed by atoms with van der Waals surface area (Å²) in [6.45, 7) is 5.25. The van der Waals surface area contributed by atoms with Gasteiger partial charge in [-0.1, -0.05) is 11.5 Å². The Morgan fingerprint density at radius 2 is 1.88 bits per heavy atom. The minimum absolute atomic E-state index is 0.0254. The van der Waals surface area contributed by atoms with Crippen LogP contribution >= 0.6 is 0 Å². The Hall–Kier alpha value is -2.81. The van der Waals surface area contributed by atoms with Gasteiger partial charge in [0.2, 0.25) is 0 Å². The van der Waals surface area contributed by atoms with Crippen molar-refractivity contribution in [3.8, 4) is 0 Å². The Balaban J connectivity index is 2.69. The van der Waals surface area contributed by atoms with E-state index in [9.17, 15) is 19.2 Å². The first-order valence-corrected chi connectivity index (χ1v) is 8.22. The van der Waals surface area contributed by atoms with Crippen molar-refractivity contribution in [1.82, 2.24) is 10.4 Å². The Morgan fingerprint density at radius 1 is 1.27 bits per heavy atom. The fraction of sp³-hybridized carbons (Fsp3) is 0.733. The van der Waals surface area contributed by atoms with Gasteiger partial charge in [-0.3, -0.25) is 9.59 Å². The fourth-order valence-electron chi connectivity index (χ4n) is 2.09. The molecule has 0 aromatic carbocycles. The van der Waals surface area contributed by atoms with Gasteiger partial charge in [0, 0.05) is 24.3 Å². The van der Waals surface area contributed by atoms with E-state index in [1.165, 1.54) is 0 Å². The number of carbonyl (C=O) groups is 4. The molecule has 1 aliphatic heterocycles. The third kappa shape index (κ3) is 7.39. The van der Waals surface area contributed by atoms with Crippen LogP contribution in [0.4, 0.5) is 4.79 Å². The standard InChI is InChI=1S/C15H23N5O6/c1-15(2,3)25-14(24)18-10(6-4-5-9-17-19-16)13(23)26-20-11(21)7-8-12(20)22/h10H,4-9H2,1-3H3,(H,18,24)/t10-/m0/s1. The summed E-state index contributed by atoms with van der Waals surface area (Å²) in [6, 6.07) is -1.11. The van der Waals surface area contributed by atoms with E-state index < -0.39 is 35.5 Å². The Bertz CT molecular complexity index is 592. The highest BCUT2D eigenvalue weighted by Gasteiger charge is 2.35. The predicted molar refractivity (Wildman–Crippen MR) is 88.2 cm³/mol. The van der Waals surface area contributed by atoms with Crippen molar-refractivity contribution in [3.05, 3.63) is 10.4 Å². The summed E-state index contributed by atoms with van der Waals surface area (Å²) in [4.78, 5) is 54.8. The molecule has 0 aromatic rings. The second-order valence-corrected chi connectivity index (χ2v) is 6.64. The maximum Gasteiger partial charge on any atom is 0.408 e. The van der Waals surface area contributed by atoms with Gasteiger partial charge in [0.15, 0.2) is 0 Å². The molecule has 0 radical (unpaired) electrons. The summed E-state index contributed by atoms with van der Waals surface area (Å²) < 4.78 is 5.10. The molecule has 0 saturated carbocycles. The molecule has 144 valence electrons. The lowest BCUT2D eigenvalue weighted by Crippen LogP contribution is -2.46. The molecule has 0 bridgehead atoms. The largest absolute Gasteiger partial charge is 0.444 e. The van der Waals surface area contributed by atoms with Gasteiger partial charge in [0.05, 0.1) is 0 Å². The van der Waals surface area contributed by atoms with E-state index in [4.69, 9.17) is 15.1 Å². The monoisotopic (exact) mass is 369 g/mol. The summed E-state index contributed by atoms with van der Waals surface area (Å²) in [5, 5.41) is 6.18. The Kier molecular flexibility index (Phi) is 7.85. The number of unbranched alkanes of at least 4 members (excludes halogenated alkanes) is 1. The van der Waals surface area contributed by atoms with Gasteiger partial charge in [-0.05, 0) is 39.1 Å². The van der Waals surface area contributed by atoms with Crippen LogP contribution in [0.25, 0.3) is 10.4 Å². The number of azide groups is 1. The van der Waals surface area contributed by atoms with E-state index in [1.54, 1.807) is 20.8 Å². The lowest BCUT2D eigenvalue weighted by molar-refractivity contribution is -0.199. The summed E-state index contributed by atoms with van der Waals surface area (Å²) in [5.41, 5.74) is 7.48. The van der Waals surface area contributed by atoms with Gasteiger partial charge in [-0.2, -0.15) is 0 Å². The molecule has 11 nitrogen and oxygen atoms in total. The maximum atomic E-state index is 12.3. The molecule has 0 aromatic heterocycles. The first-order valence-electron chi connectivity index (χ1n) is 8.22. The maximum absolute atomic E-state index is 12.3. The zero-order valence-corrected chi connectivity index (χ0v) is 15.1. The molecular formula is C15H23N5O6. The second kappa shape index (κ2) is 9.62. The number of carbonyl (C=O) groups excluding carboxylic acids is 4. The van der Waals surface area contributed by atoms with Crippen molar-refractivity contribution in [2.24, 2.45) is 5.11 Å². The minimum atomic E-state index is -1.11. The number of imide groups is 1. The highest BCUT2D eigenvalue weighted by molar-refractivity contribution is 6.01. The predicted octanol–water partition coefficient (Wildman–Crippen LogP) is 1.97. The minimum Gasteiger partial charge on any atom is -0.444 e. The van der Waals surface area contributed by atoms with Crippen LogP contribution in [0.5, 0.6) is 0 Å².